The van der Waals surface area contributed by atoms with Crippen LogP contribution < -0.4 is 5.32 Å². The predicted molar refractivity (Wildman–Crippen MR) is 80.4 cm³/mol. The van der Waals surface area contributed by atoms with Crippen molar-refractivity contribution in [3.05, 3.63) is 45.9 Å². The van der Waals surface area contributed by atoms with Crippen molar-refractivity contribution in [1.82, 2.24) is 15.5 Å². The number of hydrogen-bond donors (Lipinski definition) is 1. The summed E-state index contributed by atoms with van der Waals surface area (Å²) in [5.74, 6) is -0.457. The summed E-state index contributed by atoms with van der Waals surface area (Å²) in [5.41, 5.74) is 0.442. The molecule has 1 atom stereocenters. The number of amides is 1. The third kappa shape index (κ3) is 3.27. The number of nitrogens with zero attached hydrogens (tertiary/aromatic N) is 2. The van der Waals surface area contributed by atoms with Gasteiger partial charge in [0, 0.05) is 5.92 Å². The normalized spacial score (nSPS) is 12.5. The van der Waals surface area contributed by atoms with Crippen LogP contribution in [0, 0.1) is 12.7 Å². The first-order valence-electron chi connectivity index (χ1n) is 6.90. The molecule has 0 fully saturated rings. The first kappa shape index (κ1) is 16.4. The molecule has 0 saturated carbocycles. The highest BCUT2D eigenvalue weighted by atomic mass is 35.5. The van der Waals surface area contributed by atoms with Crippen molar-refractivity contribution >= 4 is 17.5 Å². The number of aromatic nitrogens is 2. The summed E-state index contributed by atoms with van der Waals surface area (Å²) in [6.07, 6.45) is 0. The minimum Gasteiger partial charge on any atom is -0.423 e. The van der Waals surface area contributed by atoms with Gasteiger partial charge in [0.2, 0.25) is 11.8 Å². The molecule has 0 unspecified atom stereocenters. The van der Waals surface area contributed by atoms with E-state index in [2.05, 4.69) is 15.5 Å². The van der Waals surface area contributed by atoms with Gasteiger partial charge in [-0.2, -0.15) is 0 Å². The number of halogens is 2. The fourth-order valence-electron chi connectivity index (χ4n) is 1.85. The van der Waals surface area contributed by atoms with Crippen LogP contribution in [0.25, 0.3) is 0 Å². The molecule has 5 nitrogen and oxygen atoms in total. The lowest BCUT2D eigenvalue weighted by molar-refractivity contribution is 0.0929. The predicted octanol–water partition coefficient (Wildman–Crippen LogP) is 3.78. The third-order valence-electron chi connectivity index (χ3n) is 3.18. The summed E-state index contributed by atoms with van der Waals surface area (Å²) in [4.78, 5) is 12.2. The molecule has 7 heteroatoms. The maximum Gasteiger partial charge on any atom is 0.256 e. The Bertz CT molecular complexity index is 700. The van der Waals surface area contributed by atoms with Crippen LogP contribution in [0.15, 0.2) is 16.5 Å². The first-order valence-corrected chi connectivity index (χ1v) is 7.27. The Morgan fingerprint density at radius 2 is 1.91 bits per heavy atom. The van der Waals surface area contributed by atoms with E-state index in [1.54, 1.807) is 13.8 Å². The van der Waals surface area contributed by atoms with Crippen LogP contribution in [0.3, 0.4) is 0 Å². The van der Waals surface area contributed by atoms with E-state index >= 15 is 0 Å². The highest BCUT2D eigenvalue weighted by Gasteiger charge is 2.22. The maximum absolute atomic E-state index is 13.8. The number of nitrogens with one attached hydrogen (secondary N) is 1. The Balaban J connectivity index is 2.19. The lowest BCUT2D eigenvalue weighted by atomic mass is 10.1. The quantitative estimate of drug-likeness (QED) is 0.928. The topological polar surface area (TPSA) is 68.0 Å². The molecule has 0 aliphatic heterocycles. The molecular formula is C15H17ClFN3O2. The smallest absolute Gasteiger partial charge is 0.256 e. The average Bonchev–Trinajstić information content (AvgIpc) is 2.93. The van der Waals surface area contributed by atoms with Gasteiger partial charge in [-0.25, -0.2) is 4.39 Å². The Hall–Kier alpha value is -1.95. The summed E-state index contributed by atoms with van der Waals surface area (Å²) in [6, 6.07) is 2.18. The molecule has 2 aromatic rings. The van der Waals surface area contributed by atoms with E-state index in [-0.39, 0.29) is 22.4 Å². The SMILES string of the molecule is Cc1ccc(F)c(C(=O)N[C@@H](C)c2nnc(C(C)C)o2)c1Cl. The number of carbonyl (C=O) groups is 1. The lowest BCUT2D eigenvalue weighted by Gasteiger charge is -2.12. The van der Waals surface area contributed by atoms with Crippen LogP contribution in [0.2, 0.25) is 5.02 Å². The second-order valence-corrected chi connectivity index (χ2v) is 5.76. The van der Waals surface area contributed by atoms with E-state index in [9.17, 15) is 9.18 Å². The largest absolute Gasteiger partial charge is 0.423 e. The molecular weight excluding hydrogens is 309 g/mol. The van der Waals surface area contributed by atoms with Crippen molar-refractivity contribution in [3.8, 4) is 0 Å². The van der Waals surface area contributed by atoms with E-state index < -0.39 is 17.8 Å². The molecule has 1 aromatic carbocycles. The summed E-state index contributed by atoms with van der Waals surface area (Å²) >= 11 is 6.02. The van der Waals surface area contributed by atoms with Gasteiger partial charge >= 0.3 is 0 Å². The number of hydrogen-bond acceptors (Lipinski definition) is 4. The highest BCUT2D eigenvalue weighted by molar-refractivity contribution is 6.34. The van der Waals surface area contributed by atoms with Crippen molar-refractivity contribution in [2.45, 2.75) is 39.7 Å². The van der Waals surface area contributed by atoms with E-state index in [0.29, 0.717) is 11.5 Å². The van der Waals surface area contributed by atoms with Crippen LogP contribution in [-0.4, -0.2) is 16.1 Å². The van der Waals surface area contributed by atoms with Crippen molar-refractivity contribution in [2.24, 2.45) is 0 Å². The third-order valence-corrected chi connectivity index (χ3v) is 3.67. The average molecular weight is 326 g/mol. The maximum atomic E-state index is 13.8. The Morgan fingerprint density at radius 3 is 2.50 bits per heavy atom. The fourth-order valence-corrected chi connectivity index (χ4v) is 2.09. The van der Waals surface area contributed by atoms with Gasteiger partial charge in [0.15, 0.2) is 0 Å². The minimum atomic E-state index is -0.673. The standard InChI is InChI=1S/C15H17ClFN3O2/c1-7(2)14-19-20-15(22-14)9(4)18-13(21)11-10(17)6-5-8(3)12(11)16/h5-7,9H,1-4H3,(H,18,21)/t9-/m0/s1. The fraction of sp³-hybridized carbons (Fsp3) is 0.400. The molecule has 0 spiro atoms. The molecule has 1 heterocycles. The molecule has 0 aliphatic carbocycles. The minimum absolute atomic E-state index is 0.0906. The molecule has 1 amide bonds. The van der Waals surface area contributed by atoms with Crippen LogP contribution in [0.1, 0.15) is 60.4 Å². The van der Waals surface area contributed by atoms with Crippen molar-refractivity contribution in [2.75, 3.05) is 0 Å². The van der Waals surface area contributed by atoms with Gasteiger partial charge in [0.25, 0.3) is 5.91 Å². The van der Waals surface area contributed by atoms with Gasteiger partial charge in [-0.3, -0.25) is 4.79 Å². The second-order valence-electron chi connectivity index (χ2n) is 5.38. The van der Waals surface area contributed by atoms with E-state index in [1.807, 2.05) is 13.8 Å². The van der Waals surface area contributed by atoms with Crippen LogP contribution in [0.5, 0.6) is 0 Å². The zero-order valence-corrected chi connectivity index (χ0v) is 13.5. The summed E-state index contributed by atoms with van der Waals surface area (Å²) in [7, 11) is 0. The molecule has 0 aliphatic rings. The Labute approximate surface area is 132 Å². The number of rotatable bonds is 4. The first-order chi connectivity index (χ1) is 10.3. The molecule has 0 radical (unpaired) electrons. The van der Waals surface area contributed by atoms with Crippen LogP contribution in [0.4, 0.5) is 4.39 Å². The highest BCUT2D eigenvalue weighted by Crippen LogP contribution is 2.24. The van der Waals surface area contributed by atoms with Crippen molar-refractivity contribution < 1.29 is 13.6 Å². The second kappa shape index (κ2) is 6.44. The van der Waals surface area contributed by atoms with E-state index in [0.717, 1.165) is 0 Å². The monoisotopic (exact) mass is 325 g/mol. The zero-order chi connectivity index (χ0) is 16.4. The molecule has 118 valence electrons. The van der Waals surface area contributed by atoms with Gasteiger partial charge in [0.05, 0.1) is 10.6 Å². The number of carbonyl (C=O) groups excluding carboxylic acids is 1. The summed E-state index contributed by atoms with van der Waals surface area (Å²) in [6.45, 7) is 7.22. The van der Waals surface area contributed by atoms with Gasteiger partial charge in [-0.15, -0.1) is 10.2 Å². The van der Waals surface area contributed by atoms with Gasteiger partial charge < -0.3 is 9.73 Å². The molecule has 0 saturated heterocycles. The summed E-state index contributed by atoms with van der Waals surface area (Å²) < 4.78 is 19.3. The molecule has 1 aromatic heterocycles. The molecule has 1 N–H and O–H groups in total. The van der Waals surface area contributed by atoms with Crippen LogP contribution >= 0.6 is 11.6 Å². The van der Waals surface area contributed by atoms with Gasteiger partial charge in [0.1, 0.15) is 11.9 Å². The van der Waals surface area contributed by atoms with Gasteiger partial charge in [-0.1, -0.05) is 31.5 Å². The molecule has 22 heavy (non-hydrogen) atoms. The number of benzene rings is 1. The lowest BCUT2D eigenvalue weighted by Crippen LogP contribution is -2.28. The Morgan fingerprint density at radius 1 is 1.27 bits per heavy atom. The summed E-state index contributed by atoms with van der Waals surface area (Å²) in [5, 5.41) is 10.5. The van der Waals surface area contributed by atoms with E-state index in [1.165, 1.54) is 12.1 Å². The molecule has 0 bridgehead atoms. The van der Waals surface area contributed by atoms with Crippen LogP contribution in [-0.2, 0) is 0 Å². The Kier molecular flexibility index (Phi) is 4.81. The van der Waals surface area contributed by atoms with Crippen molar-refractivity contribution in [1.29, 1.82) is 0 Å². The zero-order valence-electron chi connectivity index (χ0n) is 12.8. The number of aryl methyl sites for hydroxylation is 1. The molecule has 2 rings (SSSR count). The van der Waals surface area contributed by atoms with Crippen molar-refractivity contribution in [3.63, 3.8) is 0 Å². The van der Waals surface area contributed by atoms with E-state index in [4.69, 9.17) is 16.0 Å². The van der Waals surface area contributed by atoms with Gasteiger partial charge in [-0.05, 0) is 25.5 Å².